The fourth-order valence-electron chi connectivity index (χ4n) is 1.10. The van der Waals surface area contributed by atoms with Crippen molar-refractivity contribution in [3.8, 4) is 0 Å². The van der Waals surface area contributed by atoms with Crippen LogP contribution in [0.1, 0.15) is 0 Å². The Balaban J connectivity index is 2.81. The minimum Gasteiger partial charge on any atom is -0.220 e. The molecule has 0 atom stereocenters. The normalized spacial score (nSPS) is 10.9. The molecule has 0 aliphatic rings. The van der Waals surface area contributed by atoms with Crippen LogP contribution in [0.25, 0.3) is 11.0 Å². The Kier molecular flexibility index (Phi) is 3.21. The molecule has 2 aromatic rings. The van der Waals surface area contributed by atoms with E-state index in [2.05, 4.69) is 15.0 Å². The van der Waals surface area contributed by atoms with Crippen molar-refractivity contribution in [2.45, 2.75) is 5.03 Å². The summed E-state index contributed by atoms with van der Waals surface area (Å²) in [5, 5.41) is 2.16. The van der Waals surface area contributed by atoms with Crippen molar-refractivity contribution < 1.29 is 0 Å². The minimum absolute atomic E-state index is 0.0781. The van der Waals surface area contributed by atoms with Gasteiger partial charge in [0.15, 0.2) is 5.65 Å². The van der Waals surface area contributed by atoms with Crippen LogP contribution in [-0.4, -0.2) is 21.2 Å². The maximum atomic E-state index is 5.98. The molecule has 15 heavy (non-hydrogen) atoms. The van der Waals surface area contributed by atoms with Crippen molar-refractivity contribution >= 4 is 57.6 Å². The number of thioether (sulfide) groups is 1. The number of nitrogens with zero attached hydrogens (tertiary/aromatic N) is 3. The summed E-state index contributed by atoms with van der Waals surface area (Å²) in [6.45, 7) is 0. The number of hydrogen-bond donors (Lipinski definition) is 0. The van der Waals surface area contributed by atoms with Crippen LogP contribution in [0, 0.1) is 0 Å². The molecule has 3 nitrogen and oxygen atoms in total. The summed E-state index contributed by atoms with van der Waals surface area (Å²) in [5.74, 6) is 0. The van der Waals surface area contributed by atoms with Gasteiger partial charge in [0, 0.05) is 0 Å². The molecule has 0 aliphatic carbocycles. The molecule has 2 heterocycles. The van der Waals surface area contributed by atoms with Crippen molar-refractivity contribution in [3.05, 3.63) is 21.5 Å². The first-order chi connectivity index (χ1) is 7.11. The van der Waals surface area contributed by atoms with Gasteiger partial charge in [0.05, 0.1) is 10.4 Å². The van der Waals surface area contributed by atoms with Crippen LogP contribution in [-0.2, 0) is 0 Å². The lowest BCUT2D eigenvalue weighted by Crippen LogP contribution is -1.91. The van der Waals surface area contributed by atoms with E-state index in [1.165, 1.54) is 11.8 Å². The third-order valence-electron chi connectivity index (χ3n) is 1.73. The molecule has 0 saturated carbocycles. The number of aromatic nitrogens is 3. The summed E-state index contributed by atoms with van der Waals surface area (Å²) in [6, 6.07) is 1.69. The van der Waals surface area contributed by atoms with Crippen LogP contribution in [0.3, 0.4) is 0 Å². The molecule has 7 heteroatoms. The topological polar surface area (TPSA) is 38.7 Å². The Bertz CT molecular complexity index is 532. The second-order valence-corrected chi connectivity index (χ2v) is 4.53. The molecule has 0 spiro atoms. The molecular formula is C8H4Cl3N3S. The third kappa shape index (κ3) is 2.13. The molecule has 0 saturated heterocycles. The summed E-state index contributed by atoms with van der Waals surface area (Å²) >= 11 is 19.0. The summed E-state index contributed by atoms with van der Waals surface area (Å²) in [7, 11) is 0. The van der Waals surface area contributed by atoms with Gasteiger partial charge in [0.25, 0.3) is 0 Å². The maximum absolute atomic E-state index is 5.98. The van der Waals surface area contributed by atoms with E-state index < -0.39 is 0 Å². The summed E-state index contributed by atoms with van der Waals surface area (Å²) in [4.78, 5) is 12.0. The van der Waals surface area contributed by atoms with E-state index in [0.717, 1.165) is 0 Å². The molecule has 0 amide bonds. The van der Waals surface area contributed by atoms with Gasteiger partial charge in [0.2, 0.25) is 5.28 Å². The smallest absolute Gasteiger partial charge is 0.220 e. The molecule has 0 N–H and O–H groups in total. The first-order valence-corrected chi connectivity index (χ1v) is 6.21. The molecule has 2 rings (SSSR count). The molecule has 2 aromatic heterocycles. The van der Waals surface area contributed by atoms with Crippen LogP contribution in [0.2, 0.25) is 15.5 Å². The van der Waals surface area contributed by atoms with E-state index in [1.807, 2.05) is 6.26 Å². The van der Waals surface area contributed by atoms with Gasteiger partial charge in [0.1, 0.15) is 10.2 Å². The monoisotopic (exact) mass is 279 g/mol. The molecule has 0 aromatic carbocycles. The average molecular weight is 281 g/mol. The van der Waals surface area contributed by atoms with E-state index >= 15 is 0 Å². The second kappa shape index (κ2) is 4.29. The predicted octanol–water partition coefficient (Wildman–Crippen LogP) is 3.71. The first-order valence-electron chi connectivity index (χ1n) is 3.85. The molecule has 0 radical (unpaired) electrons. The van der Waals surface area contributed by atoms with Gasteiger partial charge in [-0.25, -0.2) is 9.97 Å². The number of halogens is 3. The van der Waals surface area contributed by atoms with E-state index in [-0.39, 0.29) is 10.4 Å². The van der Waals surface area contributed by atoms with Crippen molar-refractivity contribution in [2.75, 3.05) is 6.26 Å². The maximum Gasteiger partial charge on any atom is 0.225 e. The standard InChI is InChI=1S/C8H4Cl3N3S/c1-15-7-4(9)2-3-5(10)12-8(11)14-6(3)13-7/h2H,1H3. The highest BCUT2D eigenvalue weighted by atomic mass is 35.5. The lowest BCUT2D eigenvalue weighted by atomic mass is 10.3. The second-order valence-electron chi connectivity index (χ2n) is 2.63. The Hall–Kier alpha value is -0.290. The molecule has 0 unspecified atom stereocenters. The van der Waals surface area contributed by atoms with Gasteiger partial charge in [-0.2, -0.15) is 4.98 Å². The highest BCUT2D eigenvalue weighted by molar-refractivity contribution is 7.98. The predicted molar refractivity (Wildman–Crippen MR) is 64.1 cm³/mol. The van der Waals surface area contributed by atoms with Crippen LogP contribution >= 0.6 is 46.6 Å². The number of hydrogen-bond acceptors (Lipinski definition) is 4. The fraction of sp³-hybridized carbons (Fsp3) is 0.125. The lowest BCUT2D eigenvalue weighted by molar-refractivity contribution is 1.12. The highest BCUT2D eigenvalue weighted by Gasteiger charge is 2.10. The first kappa shape index (κ1) is 11.2. The van der Waals surface area contributed by atoms with Crippen LogP contribution in [0.5, 0.6) is 0 Å². The van der Waals surface area contributed by atoms with E-state index in [4.69, 9.17) is 34.8 Å². The van der Waals surface area contributed by atoms with E-state index in [1.54, 1.807) is 6.07 Å². The van der Waals surface area contributed by atoms with Gasteiger partial charge in [-0.3, -0.25) is 0 Å². The van der Waals surface area contributed by atoms with Gasteiger partial charge < -0.3 is 0 Å². The van der Waals surface area contributed by atoms with Crippen molar-refractivity contribution in [3.63, 3.8) is 0 Å². The summed E-state index contributed by atoms with van der Waals surface area (Å²) < 4.78 is 0. The molecule has 78 valence electrons. The quantitative estimate of drug-likeness (QED) is 0.453. The molecule has 0 fully saturated rings. The Morgan fingerprint density at radius 3 is 2.53 bits per heavy atom. The number of pyridine rings is 1. The molecule has 0 bridgehead atoms. The Morgan fingerprint density at radius 2 is 1.87 bits per heavy atom. The lowest BCUT2D eigenvalue weighted by Gasteiger charge is -2.03. The van der Waals surface area contributed by atoms with Crippen LogP contribution in [0.4, 0.5) is 0 Å². The van der Waals surface area contributed by atoms with Crippen molar-refractivity contribution in [1.29, 1.82) is 0 Å². The van der Waals surface area contributed by atoms with E-state index in [9.17, 15) is 0 Å². The SMILES string of the molecule is CSc1nc2nc(Cl)nc(Cl)c2cc1Cl. The Labute approximate surface area is 105 Å². The summed E-state index contributed by atoms with van der Waals surface area (Å²) in [6.07, 6.45) is 1.88. The minimum atomic E-state index is 0.0781. The van der Waals surface area contributed by atoms with Crippen molar-refractivity contribution in [2.24, 2.45) is 0 Å². The highest BCUT2D eigenvalue weighted by Crippen LogP contribution is 2.29. The number of rotatable bonds is 1. The molecular weight excluding hydrogens is 277 g/mol. The van der Waals surface area contributed by atoms with Gasteiger partial charge in [-0.1, -0.05) is 23.2 Å². The fourth-order valence-corrected chi connectivity index (χ4v) is 2.34. The van der Waals surface area contributed by atoms with Gasteiger partial charge in [-0.05, 0) is 23.9 Å². The van der Waals surface area contributed by atoms with Gasteiger partial charge in [-0.15, -0.1) is 11.8 Å². The van der Waals surface area contributed by atoms with Gasteiger partial charge >= 0.3 is 0 Å². The zero-order valence-electron chi connectivity index (χ0n) is 7.46. The third-order valence-corrected chi connectivity index (χ3v) is 3.28. The largest absolute Gasteiger partial charge is 0.225 e. The Morgan fingerprint density at radius 1 is 1.13 bits per heavy atom. The zero-order chi connectivity index (χ0) is 11.0. The van der Waals surface area contributed by atoms with Crippen LogP contribution < -0.4 is 0 Å². The molecule has 0 aliphatic heterocycles. The summed E-state index contributed by atoms with van der Waals surface area (Å²) in [5.41, 5.74) is 0.453. The number of fused-ring (bicyclic) bond motifs is 1. The average Bonchev–Trinajstić information content (AvgIpc) is 2.18. The zero-order valence-corrected chi connectivity index (χ0v) is 10.5. The van der Waals surface area contributed by atoms with Crippen LogP contribution in [0.15, 0.2) is 11.1 Å². The van der Waals surface area contributed by atoms with E-state index in [0.29, 0.717) is 21.1 Å². The van der Waals surface area contributed by atoms with Crippen molar-refractivity contribution in [1.82, 2.24) is 15.0 Å².